The van der Waals surface area contributed by atoms with E-state index in [0.717, 1.165) is 5.56 Å². The van der Waals surface area contributed by atoms with E-state index in [9.17, 15) is 5.26 Å². The Balaban J connectivity index is 2.16. The van der Waals surface area contributed by atoms with Gasteiger partial charge < -0.3 is 10.1 Å². The van der Waals surface area contributed by atoms with Gasteiger partial charge >= 0.3 is 0 Å². The summed E-state index contributed by atoms with van der Waals surface area (Å²) in [4.78, 5) is 8.99. The monoisotopic (exact) mass is 382 g/mol. The maximum absolute atomic E-state index is 9.75. The molecule has 0 spiro atoms. The van der Waals surface area contributed by atoms with Gasteiger partial charge in [0.25, 0.3) is 0 Å². The fourth-order valence-electron chi connectivity index (χ4n) is 2.44. The molecular formula is C19H15ClN4OS. The molecule has 0 saturated heterocycles. The van der Waals surface area contributed by atoms with Gasteiger partial charge in [-0.05, 0) is 24.5 Å². The summed E-state index contributed by atoms with van der Waals surface area (Å²) in [5.74, 6) is 1.01. The van der Waals surface area contributed by atoms with Crippen LogP contribution >= 0.6 is 23.4 Å². The minimum absolute atomic E-state index is 0.357. The lowest BCUT2D eigenvalue weighted by Crippen LogP contribution is -2.04. The van der Waals surface area contributed by atoms with Gasteiger partial charge in [0.15, 0.2) is 11.0 Å². The first-order chi connectivity index (χ1) is 12.7. The van der Waals surface area contributed by atoms with Gasteiger partial charge in [-0.1, -0.05) is 53.7 Å². The molecule has 0 unspecified atom stereocenters. The van der Waals surface area contributed by atoms with Crippen LogP contribution in [0.1, 0.15) is 5.56 Å². The van der Waals surface area contributed by atoms with Crippen LogP contribution in [-0.4, -0.2) is 23.3 Å². The molecule has 0 fully saturated rings. The van der Waals surface area contributed by atoms with E-state index in [-0.39, 0.29) is 0 Å². The van der Waals surface area contributed by atoms with Crippen LogP contribution in [0, 0.1) is 11.3 Å². The zero-order valence-corrected chi connectivity index (χ0v) is 15.7. The first-order valence-corrected chi connectivity index (χ1v) is 9.28. The van der Waals surface area contributed by atoms with Crippen molar-refractivity contribution in [2.24, 2.45) is 0 Å². The number of nitrogens with zero attached hydrogens (tertiary/aromatic N) is 3. The fourth-order valence-corrected chi connectivity index (χ4v) is 2.98. The molecule has 3 rings (SSSR count). The van der Waals surface area contributed by atoms with E-state index in [1.165, 1.54) is 11.8 Å². The van der Waals surface area contributed by atoms with Gasteiger partial charge in [0, 0.05) is 10.6 Å². The Hall–Kier alpha value is -2.75. The molecule has 0 aliphatic heterocycles. The Morgan fingerprint density at radius 3 is 2.58 bits per heavy atom. The van der Waals surface area contributed by atoms with Crippen molar-refractivity contribution in [1.82, 2.24) is 9.97 Å². The molecule has 130 valence electrons. The Morgan fingerprint density at radius 2 is 1.92 bits per heavy atom. The summed E-state index contributed by atoms with van der Waals surface area (Å²) in [7, 11) is 1.57. The molecule has 0 bridgehead atoms. The minimum Gasteiger partial charge on any atom is -0.495 e. The molecule has 0 saturated carbocycles. The number of thioether (sulfide) groups is 1. The fraction of sp³-hybridized carbons (Fsp3) is 0.105. The van der Waals surface area contributed by atoms with Crippen LogP contribution in [0.2, 0.25) is 5.02 Å². The van der Waals surface area contributed by atoms with E-state index >= 15 is 0 Å². The molecule has 2 aromatic carbocycles. The highest BCUT2D eigenvalue weighted by atomic mass is 35.5. The summed E-state index contributed by atoms with van der Waals surface area (Å²) in [5.41, 5.74) is 2.41. The van der Waals surface area contributed by atoms with Crippen LogP contribution in [0.15, 0.2) is 53.7 Å². The lowest BCUT2D eigenvalue weighted by Gasteiger charge is -2.14. The van der Waals surface area contributed by atoms with Crippen molar-refractivity contribution in [3.63, 3.8) is 0 Å². The Bertz CT molecular complexity index is 973. The number of halogens is 1. The maximum Gasteiger partial charge on any atom is 0.189 e. The Labute approximate surface area is 161 Å². The van der Waals surface area contributed by atoms with Crippen LogP contribution in [0.5, 0.6) is 5.75 Å². The maximum atomic E-state index is 9.75. The summed E-state index contributed by atoms with van der Waals surface area (Å²) in [6.07, 6.45) is 1.89. The smallest absolute Gasteiger partial charge is 0.189 e. The summed E-state index contributed by atoms with van der Waals surface area (Å²) in [6, 6.07) is 17.0. The van der Waals surface area contributed by atoms with Gasteiger partial charge in [0.05, 0.1) is 18.5 Å². The molecule has 0 amide bonds. The molecule has 5 nitrogen and oxygen atoms in total. The van der Waals surface area contributed by atoms with E-state index in [1.807, 2.05) is 36.6 Å². The van der Waals surface area contributed by atoms with Crippen LogP contribution < -0.4 is 10.1 Å². The highest BCUT2D eigenvalue weighted by Gasteiger charge is 2.17. The van der Waals surface area contributed by atoms with E-state index in [4.69, 9.17) is 16.3 Å². The Morgan fingerprint density at radius 1 is 1.15 bits per heavy atom. The van der Waals surface area contributed by atoms with Crippen LogP contribution in [0.4, 0.5) is 11.5 Å². The highest BCUT2D eigenvalue weighted by Crippen LogP contribution is 2.34. The summed E-state index contributed by atoms with van der Waals surface area (Å²) < 4.78 is 5.36. The molecule has 7 heteroatoms. The minimum atomic E-state index is 0.357. The number of ether oxygens (including phenoxy) is 1. The zero-order valence-electron chi connectivity index (χ0n) is 14.2. The second kappa shape index (κ2) is 8.09. The predicted octanol–water partition coefficient (Wildman–Crippen LogP) is 5.14. The van der Waals surface area contributed by atoms with Crippen molar-refractivity contribution in [1.29, 1.82) is 5.26 Å². The molecule has 1 aromatic heterocycles. The SMILES string of the molecule is COc1ccc(Cl)cc1Nc1nc(SC)nc(-c2ccccc2)c1C#N. The number of methoxy groups -OCH3 is 1. The van der Waals surface area contributed by atoms with Crippen molar-refractivity contribution in [3.05, 3.63) is 59.1 Å². The van der Waals surface area contributed by atoms with E-state index in [2.05, 4.69) is 21.4 Å². The first-order valence-electron chi connectivity index (χ1n) is 7.68. The van der Waals surface area contributed by atoms with Crippen molar-refractivity contribution in [3.8, 4) is 23.1 Å². The molecule has 1 N–H and O–H groups in total. The quantitative estimate of drug-likeness (QED) is 0.486. The number of hydrogen-bond donors (Lipinski definition) is 1. The molecule has 0 atom stereocenters. The van der Waals surface area contributed by atoms with E-state index in [1.54, 1.807) is 25.3 Å². The number of benzene rings is 2. The van der Waals surface area contributed by atoms with Gasteiger partial charge in [-0.3, -0.25) is 0 Å². The molecule has 0 radical (unpaired) electrons. The summed E-state index contributed by atoms with van der Waals surface area (Å²) in [5, 5.41) is 14.0. The van der Waals surface area contributed by atoms with Crippen LogP contribution in [0.25, 0.3) is 11.3 Å². The Kier molecular flexibility index (Phi) is 5.61. The summed E-state index contributed by atoms with van der Waals surface area (Å²) in [6.45, 7) is 0. The second-order valence-electron chi connectivity index (χ2n) is 5.23. The largest absolute Gasteiger partial charge is 0.495 e. The number of aromatic nitrogens is 2. The normalized spacial score (nSPS) is 10.2. The number of nitriles is 1. The van der Waals surface area contributed by atoms with Gasteiger partial charge in [-0.25, -0.2) is 9.97 Å². The van der Waals surface area contributed by atoms with Crippen molar-refractivity contribution in [2.45, 2.75) is 5.16 Å². The number of anilines is 2. The molecule has 1 heterocycles. The third kappa shape index (κ3) is 3.74. The van der Waals surface area contributed by atoms with Gasteiger partial charge in [-0.15, -0.1) is 0 Å². The number of rotatable bonds is 5. The highest BCUT2D eigenvalue weighted by molar-refractivity contribution is 7.98. The van der Waals surface area contributed by atoms with Crippen molar-refractivity contribution < 1.29 is 4.74 Å². The molecule has 26 heavy (non-hydrogen) atoms. The summed E-state index contributed by atoms with van der Waals surface area (Å²) >= 11 is 7.51. The second-order valence-corrected chi connectivity index (χ2v) is 6.44. The third-order valence-electron chi connectivity index (χ3n) is 3.64. The van der Waals surface area contributed by atoms with Crippen molar-refractivity contribution in [2.75, 3.05) is 18.7 Å². The average molecular weight is 383 g/mol. The predicted molar refractivity (Wildman–Crippen MR) is 105 cm³/mol. The topological polar surface area (TPSA) is 70.8 Å². The van der Waals surface area contributed by atoms with E-state index in [0.29, 0.717) is 38.7 Å². The van der Waals surface area contributed by atoms with Crippen molar-refractivity contribution >= 4 is 34.9 Å². The average Bonchev–Trinajstić information content (AvgIpc) is 2.68. The van der Waals surface area contributed by atoms with Crippen LogP contribution in [0.3, 0.4) is 0 Å². The molecule has 0 aliphatic rings. The van der Waals surface area contributed by atoms with Gasteiger partial charge in [0.2, 0.25) is 0 Å². The molecule has 3 aromatic rings. The van der Waals surface area contributed by atoms with Gasteiger partial charge in [-0.2, -0.15) is 5.26 Å². The third-order valence-corrected chi connectivity index (χ3v) is 4.43. The van der Waals surface area contributed by atoms with E-state index < -0.39 is 0 Å². The molecule has 0 aliphatic carbocycles. The number of hydrogen-bond acceptors (Lipinski definition) is 6. The molecular weight excluding hydrogens is 368 g/mol. The zero-order chi connectivity index (χ0) is 18.5. The van der Waals surface area contributed by atoms with Gasteiger partial charge in [0.1, 0.15) is 17.4 Å². The standard InChI is InChI=1S/C19H15ClN4OS/c1-25-16-9-8-13(20)10-15(16)22-18-14(11-21)17(23-19(24-18)26-2)12-6-4-3-5-7-12/h3-10H,1-2H3,(H,22,23,24). The first kappa shape index (κ1) is 18.1. The number of nitrogens with one attached hydrogen (secondary N) is 1. The lowest BCUT2D eigenvalue weighted by atomic mass is 10.1. The lowest BCUT2D eigenvalue weighted by molar-refractivity contribution is 0.417. The van der Waals surface area contributed by atoms with Crippen LogP contribution in [-0.2, 0) is 0 Å².